The maximum Gasteiger partial charge on any atom is 0.470 e. The molecule has 0 radical (unpaired) electrons. The molecule has 1 aromatic heterocycles. The average Bonchev–Trinajstić information content (AvgIpc) is 3.34. The van der Waals surface area contributed by atoms with Gasteiger partial charge in [0.05, 0.1) is 23.7 Å². The molecule has 2 aromatic carbocycles. The normalized spacial score (nSPS) is 15.6. The number of benzene rings is 2. The highest BCUT2D eigenvalue weighted by Gasteiger charge is 2.38. The van der Waals surface area contributed by atoms with Gasteiger partial charge < -0.3 is 9.32 Å². The molecule has 1 saturated heterocycles. The smallest absolute Gasteiger partial charge is 0.413 e. The zero-order valence-electron chi connectivity index (χ0n) is 19.1. The van der Waals surface area contributed by atoms with Crippen LogP contribution in [0.3, 0.4) is 0 Å². The van der Waals surface area contributed by atoms with E-state index >= 15 is 0 Å². The number of hydrogen-bond acceptors (Lipinski definition) is 6. The highest BCUT2D eigenvalue weighted by Crippen LogP contribution is 2.31. The summed E-state index contributed by atoms with van der Waals surface area (Å²) in [4.78, 5) is 16.7. The van der Waals surface area contributed by atoms with Crippen molar-refractivity contribution in [2.75, 3.05) is 29.5 Å². The molecule has 3 aromatic rings. The number of sulfone groups is 1. The SMILES string of the molecule is C=Ic1cc(C)ccc1N(Cc1ccc(-c2nnc(C(F)(F)F)o2)cc1)C(=O)N1CCS(=O)(=O)CC1. The van der Waals surface area contributed by atoms with Crippen LogP contribution in [0.25, 0.3) is 11.5 Å². The number of urea groups is 1. The van der Waals surface area contributed by atoms with Crippen molar-refractivity contribution < 1.29 is 30.8 Å². The van der Waals surface area contributed by atoms with Gasteiger partial charge in [0.25, 0.3) is 0 Å². The first kappa shape index (κ1) is 26.3. The number of halogens is 4. The van der Waals surface area contributed by atoms with Crippen LogP contribution in [0.5, 0.6) is 0 Å². The van der Waals surface area contributed by atoms with Crippen LogP contribution in [0, 0.1) is 10.5 Å². The summed E-state index contributed by atoms with van der Waals surface area (Å²) >= 11 is -0.620. The van der Waals surface area contributed by atoms with Gasteiger partial charge in [-0.2, -0.15) is 13.2 Å². The van der Waals surface area contributed by atoms with E-state index in [1.54, 1.807) is 29.2 Å². The van der Waals surface area contributed by atoms with E-state index in [9.17, 15) is 26.4 Å². The van der Waals surface area contributed by atoms with Gasteiger partial charge in [0.1, 0.15) is 0 Å². The Morgan fingerprint density at radius 1 is 1.14 bits per heavy atom. The standard InChI is InChI=1S/C23H22F3IN4O4S/c1-15-3-8-19(18(13-15)27-2)31(22(32)30-9-11-36(33,34)12-10-30)14-16-4-6-17(7-5-16)20-28-29-21(35-20)23(24,25)26/h3-8,13H,2,9-12,14H2,1H3. The number of alkyl halides is 3. The van der Waals surface area contributed by atoms with Gasteiger partial charge in [-0.15, -0.1) is 10.2 Å². The summed E-state index contributed by atoms with van der Waals surface area (Å²) in [5, 5.41) is 6.50. The van der Waals surface area contributed by atoms with E-state index in [-0.39, 0.29) is 43.1 Å². The Hall–Kier alpha value is -2.81. The van der Waals surface area contributed by atoms with E-state index in [2.05, 4.69) is 14.7 Å². The molecule has 1 fully saturated rings. The third-order valence-corrected chi connectivity index (χ3v) is 8.89. The van der Waals surface area contributed by atoms with Crippen LogP contribution in [0.1, 0.15) is 17.0 Å². The Balaban J connectivity index is 1.62. The highest BCUT2D eigenvalue weighted by molar-refractivity contribution is 14.2. The van der Waals surface area contributed by atoms with Crippen LogP contribution < -0.4 is 4.90 Å². The summed E-state index contributed by atoms with van der Waals surface area (Å²) in [6, 6.07) is 11.9. The first-order valence-corrected chi connectivity index (χ1v) is 15.2. The van der Waals surface area contributed by atoms with E-state index < -0.39 is 42.6 Å². The lowest BCUT2D eigenvalue weighted by Crippen LogP contribution is -2.50. The summed E-state index contributed by atoms with van der Waals surface area (Å²) in [5.74, 6) is -1.87. The monoisotopic (exact) mass is 634 g/mol. The first-order valence-electron chi connectivity index (χ1n) is 10.7. The van der Waals surface area contributed by atoms with E-state index in [1.165, 1.54) is 4.90 Å². The average molecular weight is 634 g/mol. The van der Waals surface area contributed by atoms with Crippen molar-refractivity contribution in [1.82, 2.24) is 15.1 Å². The number of carbonyl (C=O) groups is 1. The molecule has 36 heavy (non-hydrogen) atoms. The summed E-state index contributed by atoms with van der Waals surface area (Å²) in [6.07, 6.45) is -4.73. The zero-order chi connectivity index (χ0) is 26.1. The molecule has 192 valence electrons. The van der Waals surface area contributed by atoms with Crippen molar-refractivity contribution in [3.05, 3.63) is 63.1 Å². The quantitative estimate of drug-likeness (QED) is 0.384. The van der Waals surface area contributed by atoms with Gasteiger partial charge in [0.15, 0.2) is 9.84 Å². The molecule has 1 aliphatic rings. The Morgan fingerprint density at radius 2 is 1.81 bits per heavy atom. The van der Waals surface area contributed by atoms with Gasteiger partial charge >= 0.3 is 18.1 Å². The lowest BCUT2D eigenvalue weighted by atomic mass is 10.1. The van der Waals surface area contributed by atoms with Crippen molar-refractivity contribution in [3.63, 3.8) is 0 Å². The molecule has 0 N–H and O–H groups in total. The Morgan fingerprint density at radius 3 is 2.39 bits per heavy atom. The molecule has 0 unspecified atom stereocenters. The van der Waals surface area contributed by atoms with Crippen molar-refractivity contribution >= 4 is 46.8 Å². The van der Waals surface area contributed by atoms with Gasteiger partial charge in [-0.3, -0.25) is 4.90 Å². The molecule has 0 saturated carbocycles. The second kappa shape index (κ2) is 10.3. The Bertz CT molecular complexity index is 1380. The Kier molecular flexibility index (Phi) is 7.50. The molecule has 4 rings (SSSR count). The maximum atomic E-state index is 13.6. The maximum absolute atomic E-state index is 13.6. The minimum Gasteiger partial charge on any atom is -0.413 e. The molecule has 0 atom stereocenters. The second-order valence-corrected chi connectivity index (χ2v) is 12.4. The Labute approximate surface area is 215 Å². The number of nitrogens with zero attached hydrogens (tertiary/aromatic N) is 4. The van der Waals surface area contributed by atoms with Crippen molar-refractivity contribution in [2.45, 2.75) is 19.6 Å². The van der Waals surface area contributed by atoms with Gasteiger partial charge in [-0.25, -0.2) is 13.2 Å². The van der Waals surface area contributed by atoms with Gasteiger partial charge in [-0.1, -0.05) is 43.4 Å². The van der Waals surface area contributed by atoms with E-state index in [0.29, 0.717) is 16.8 Å². The van der Waals surface area contributed by atoms with Crippen molar-refractivity contribution in [2.24, 2.45) is 0 Å². The fraction of sp³-hybridized carbons (Fsp3) is 0.304. The topological polar surface area (TPSA) is 96.6 Å². The predicted molar refractivity (Wildman–Crippen MR) is 138 cm³/mol. The fourth-order valence-corrected chi connectivity index (χ4v) is 6.43. The van der Waals surface area contributed by atoms with Crippen LogP contribution in [0.4, 0.5) is 23.7 Å². The lowest BCUT2D eigenvalue weighted by molar-refractivity contribution is -0.156. The summed E-state index contributed by atoms with van der Waals surface area (Å²) in [6.45, 7) is 2.33. The van der Waals surface area contributed by atoms with E-state index in [0.717, 1.165) is 9.13 Å². The number of amides is 2. The molecule has 8 nitrogen and oxygen atoms in total. The van der Waals surface area contributed by atoms with Crippen molar-refractivity contribution in [3.8, 4) is 11.5 Å². The molecule has 0 spiro atoms. The minimum atomic E-state index is -4.73. The highest BCUT2D eigenvalue weighted by atomic mass is 127. The van der Waals surface area contributed by atoms with Crippen LogP contribution in [0.2, 0.25) is 0 Å². The first-order chi connectivity index (χ1) is 17.0. The largest absolute Gasteiger partial charge is 0.470 e. The summed E-state index contributed by atoms with van der Waals surface area (Å²) in [7, 11) is -3.16. The van der Waals surface area contributed by atoms with Crippen LogP contribution in [-0.4, -0.2) is 58.7 Å². The predicted octanol–water partition coefficient (Wildman–Crippen LogP) is 4.49. The number of aromatic nitrogens is 2. The molecule has 2 amide bonds. The van der Waals surface area contributed by atoms with Crippen molar-refractivity contribution in [1.29, 1.82) is 0 Å². The van der Waals surface area contributed by atoms with Crippen LogP contribution >= 0.6 is 20.7 Å². The van der Waals surface area contributed by atoms with Gasteiger partial charge in [0.2, 0.25) is 5.89 Å². The van der Waals surface area contributed by atoms with Gasteiger partial charge in [0, 0.05) is 22.2 Å². The number of anilines is 1. The molecule has 0 bridgehead atoms. The molecule has 1 aliphatic heterocycles. The third kappa shape index (κ3) is 5.94. The lowest BCUT2D eigenvalue weighted by Gasteiger charge is -2.33. The number of carbonyl (C=O) groups excluding carboxylic acids is 1. The van der Waals surface area contributed by atoms with Crippen LogP contribution in [-0.2, 0) is 22.6 Å². The second-order valence-electron chi connectivity index (χ2n) is 8.20. The molecule has 0 aliphatic carbocycles. The number of hydrogen-bond donors (Lipinski definition) is 0. The third-order valence-electron chi connectivity index (χ3n) is 5.59. The molecule has 2 heterocycles. The zero-order valence-corrected chi connectivity index (χ0v) is 22.1. The molecular formula is C23H22F3IN4O4S. The number of aryl methyl sites for hydroxylation is 1. The summed E-state index contributed by atoms with van der Waals surface area (Å²) in [5.41, 5.74) is 2.76. The van der Waals surface area contributed by atoms with Gasteiger partial charge in [-0.05, 0) is 42.3 Å². The minimum absolute atomic E-state index is 0.0889. The fourth-order valence-electron chi connectivity index (χ4n) is 3.66. The van der Waals surface area contributed by atoms with E-state index in [1.807, 2.05) is 25.1 Å². The molecular weight excluding hydrogens is 612 g/mol. The summed E-state index contributed by atoms with van der Waals surface area (Å²) < 4.78 is 71.8. The molecule has 13 heteroatoms. The number of rotatable bonds is 5. The van der Waals surface area contributed by atoms with Crippen LogP contribution in [0.15, 0.2) is 46.9 Å². The van der Waals surface area contributed by atoms with E-state index in [4.69, 9.17) is 4.42 Å².